The third-order valence-corrected chi connectivity index (χ3v) is 3.37. The zero-order valence-electron chi connectivity index (χ0n) is 11.2. The van der Waals surface area contributed by atoms with Crippen LogP contribution in [0.15, 0.2) is 40.9 Å². The Hall–Kier alpha value is -1.75. The van der Waals surface area contributed by atoms with E-state index in [2.05, 4.69) is 21.2 Å². The number of anilines is 1. The molecule has 0 fully saturated rings. The van der Waals surface area contributed by atoms with Crippen molar-refractivity contribution in [3.05, 3.63) is 52.3 Å². The van der Waals surface area contributed by atoms with Gasteiger partial charge in [0.15, 0.2) is 11.6 Å². The van der Waals surface area contributed by atoms with Gasteiger partial charge in [-0.2, -0.15) is 0 Å². The standard InChI is InChI=1S/C15H15BrFNO2/c1-19-14-5-3-11(16)7-10(14)9-18-12-4-6-15(20-2)13(17)8-12/h3-8,18H,9H2,1-2H3. The summed E-state index contributed by atoms with van der Waals surface area (Å²) >= 11 is 3.42. The van der Waals surface area contributed by atoms with Gasteiger partial charge in [0, 0.05) is 28.3 Å². The number of nitrogens with one attached hydrogen (secondary N) is 1. The van der Waals surface area contributed by atoms with E-state index >= 15 is 0 Å². The number of methoxy groups -OCH3 is 2. The van der Waals surface area contributed by atoms with Crippen molar-refractivity contribution in [1.29, 1.82) is 0 Å². The summed E-state index contributed by atoms with van der Waals surface area (Å²) in [6.07, 6.45) is 0. The van der Waals surface area contributed by atoms with Gasteiger partial charge >= 0.3 is 0 Å². The highest BCUT2D eigenvalue weighted by Crippen LogP contribution is 2.25. The molecule has 0 aromatic heterocycles. The van der Waals surface area contributed by atoms with Crippen LogP contribution in [0.2, 0.25) is 0 Å². The lowest BCUT2D eigenvalue weighted by Crippen LogP contribution is -2.02. The first-order valence-corrected chi connectivity index (χ1v) is 6.83. The largest absolute Gasteiger partial charge is 0.496 e. The Morgan fingerprint density at radius 2 is 1.75 bits per heavy atom. The fraction of sp³-hybridized carbons (Fsp3) is 0.200. The Labute approximate surface area is 125 Å². The van der Waals surface area contributed by atoms with Crippen LogP contribution in [0.5, 0.6) is 11.5 Å². The van der Waals surface area contributed by atoms with Gasteiger partial charge < -0.3 is 14.8 Å². The number of hydrogen-bond donors (Lipinski definition) is 1. The summed E-state index contributed by atoms with van der Waals surface area (Å²) < 4.78 is 24.7. The Kier molecular flexibility index (Phi) is 4.84. The van der Waals surface area contributed by atoms with Crippen LogP contribution in [0.3, 0.4) is 0 Å². The van der Waals surface area contributed by atoms with Crippen molar-refractivity contribution >= 4 is 21.6 Å². The van der Waals surface area contributed by atoms with Crippen LogP contribution in [0.1, 0.15) is 5.56 Å². The molecule has 2 rings (SSSR count). The van der Waals surface area contributed by atoms with Crippen LogP contribution < -0.4 is 14.8 Å². The molecule has 0 spiro atoms. The summed E-state index contributed by atoms with van der Waals surface area (Å²) in [6.45, 7) is 0.536. The van der Waals surface area contributed by atoms with Gasteiger partial charge in [0.2, 0.25) is 0 Å². The van der Waals surface area contributed by atoms with Crippen molar-refractivity contribution in [3.63, 3.8) is 0 Å². The minimum Gasteiger partial charge on any atom is -0.496 e. The highest BCUT2D eigenvalue weighted by atomic mass is 79.9. The maximum atomic E-state index is 13.6. The quantitative estimate of drug-likeness (QED) is 0.884. The smallest absolute Gasteiger partial charge is 0.167 e. The molecule has 0 aliphatic heterocycles. The summed E-state index contributed by atoms with van der Waals surface area (Å²) in [5.74, 6) is 0.629. The molecule has 0 amide bonds. The lowest BCUT2D eigenvalue weighted by Gasteiger charge is -2.12. The van der Waals surface area contributed by atoms with Gasteiger partial charge in [-0.15, -0.1) is 0 Å². The molecule has 5 heteroatoms. The fourth-order valence-electron chi connectivity index (χ4n) is 1.86. The molecule has 0 bridgehead atoms. The SMILES string of the molecule is COc1ccc(NCc2cc(Br)ccc2OC)cc1F. The molecule has 0 aliphatic rings. The first-order valence-electron chi connectivity index (χ1n) is 6.04. The zero-order chi connectivity index (χ0) is 14.5. The van der Waals surface area contributed by atoms with Crippen LogP contribution >= 0.6 is 15.9 Å². The zero-order valence-corrected chi connectivity index (χ0v) is 12.8. The maximum absolute atomic E-state index is 13.6. The summed E-state index contributed by atoms with van der Waals surface area (Å²) in [6, 6.07) is 10.5. The molecule has 0 aliphatic carbocycles. The van der Waals surface area contributed by atoms with Crippen LogP contribution in [0.25, 0.3) is 0 Å². The number of rotatable bonds is 5. The number of hydrogen-bond acceptors (Lipinski definition) is 3. The minimum absolute atomic E-state index is 0.232. The third-order valence-electron chi connectivity index (χ3n) is 2.88. The highest BCUT2D eigenvalue weighted by molar-refractivity contribution is 9.10. The molecule has 2 aromatic rings. The summed E-state index contributed by atoms with van der Waals surface area (Å²) in [5, 5.41) is 3.16. The summed E-state index contributed by atoms with van der Waals surface area (Å²) in [7, 11) is 3.07. The fourth-order valence-corrected chi connectivity index (χ4v) is 2.27. The first kappa shape index (κ1) is 14.7. The van der Waals surface area contributed by atoms with Gasteiger partial charge in [0.05, 0.1) is 14.2 Å². The first-order chi connectivity index (χ1) is 9.63. The topological polar surface area (TPSA) is 30.5 Å². The van der Waals surface area contributed by atoms with E-state index in [0.717, 1.165) is 15.8 Å². The molecular formula is C15H15BrFNO2. The lowest BCUT2D eigenvalue weighted by molar-refractivity contribution is 0.386. The second-order valence-corrected chi connectivity index (χ2v) is 5.07. The van der Waals surface area contributed by atoms with Crippen molar-refractivity contribution in [1.82, 2.24) is 0 Å². The molecule has 20 heavy (non-hydrogen) atoms. The number of halogens is 2. The van der Waals surface area contributed by atoms with E-state index in [1.54, 1.807) is 19.2 Å². The van der Waals surface area contributed by atoms with E-state index in [9.17, 15) is 4.39 Å². The van der Waals surface area contributed by atoms with E-state index in [0.29, 0.717) is 12.2 Å². The molecule has 106 valence electrons. The van der Waals surface area contributed by atoms with E-state index in [-0.39, 0.29) is 5.75 Å². The predicted octanol–water partition coefficient (Wildman–Crippen LogP) is 4.22. The highest BCUT2D eigenvalue weighted by Gasteiger charge is 2.06. The Bertz CT molecular complexity index is 604. The van der Waals surface area contributed by atoms with E-state index < -0.39 is 5.82 Å². The summed E-state index contributed by atoms with van der Waals surface area (Å²) in [5.41, 5.74) is 1.67. The van der Waals surface area contributed by atoms with Gasteiger partial charge in [-0.05, 0) is 30.3 Å². The van der Waals surface area contributed by atoms with Crippen molar-refractivity contribution < 1.29 is 13.9 Å². The molecule has 0 heterocycles. The average molecular weight is 340 g/mol. The van der Waals surface area contributed by atoms with Crippen molar-refractivity contribution in [3.8, 4) is 11.5 Å². The van der Waals surface area contributed by atoms with Gasteiger partial charge in [-0.3, -0.25) is 0 Å². The Morgan fingerprint density at radius 1 is 1.05 bits per heavy atom. The molecule has 0 saturated carbocycles. The van der Waals surface area contributed by atoms with Crippen LogP contribution in [0, 0.1) is 5.82 Å². The van der Waals surface area contributed by atoms with E-state index in [1.807, 2.05) is 18.2 Å². The second-order valence-electron chi connectivity index (χ2n) is 4.16. The third kappa shape index (κ3) is 3.42. The minimum atomic E-state index is -0.390. The number of ether oxygens (including phenoxy) is 2. The number of benzene rings is 2. The molecule has 2 aromatic carbocycles. The van der Waals surface area contributed by atoms with E-state index in [4.69, 9.17) is 9.47 Å². The summed E-state index contributed by atoms with van der Waals surface area (Å²) in [4.78, 5) is 0. The van der Waals surface area contributed by atoms with Gasteiger partial charge in [0.1, 0.15) is 5.75 Å². The molecule has 1 N–H and O–H groups in total. The average Bonchev–Trinajstić information content (AvgIpc) is 2.45. The Balaban J connectivity index is 2.12. The van der Waals surface area contributed by atoms with Crippen molar-refractivity contribution in [2.75, 3.05) is 19.5 Å². The van der Waals surface area contributed by atoms with Crippen molar-refractivity contribution in [2.24, 2.45) is 0 Å². The van der Waals surface area contributed by atoms with E-state index in [1.165, 1.54) is 13.2 Å². The monoisotopic (exact) mass is 339 g/mol. The molecular weight excluding hydrogens is 325 g/mol. The van der Waals surface area contributed by atoms with Gasteiger partial charge in [0.25, 0.3) is 0 Å². The molecule has 0 radical (unpaired) electrons. The second kappa shape index (κ2) is 6.61. The van der Waals surface area contributed by atoms with Crippen LogP contribution in [-0.2, 0) is 6.54 Å². The molecule has 0 atom stereocenters. The molecule has 3 nitrogen and oxygen atoms in total. The lowest BCUT2D eigenvalue weighted by atomic mass is 10.2. The van der Waals surface area contributed by atoms with Gasteiger partial charge in [-0.25, -0.2) is 4.39 Å². The Morgan fingerprint density at radius 3 is 2.40 bits per heavy atom. The molecule has 0 saturated heterocycles. The van der Waals surface area contributed by atoms with Crippen LogP contribution in [0.4, 0.5) is 10.1 Å². The predicted molar refractivity (Wildman–Crippen MR) is 81.0 cm³/mol. The maximum Gasteiger partial charge on any atom is 0.167 e. The van der Waals surface area contributed by atoms with Gasteiger partial charge in [-0.1, -0.05) is 15.9 Å². The van der Waals surface area contributed by atoms with Crippen molar-refractivity contribution in [2.45, 2.75) is 6.54 Å². The normalized spacial score (nSPS) is 10.2. The van der Waals surface area contributed by atoms with Crippen LogP contribution in [-0.4, -0.2) is 14.2 Å². The molecule has 0 unspecified atom stereocenters.